The summed E-state index contributed by atoms with van der Waals surface area (Å²) in [5.41, 5.74) is 3.30. The summed E-state index contributed by atoms with van der Waals surface area (Å²) in [6.07, 6.45) is 1.67. The Hall–Kier alpha value is -4.32. The molecular formula is C24H17N5O. The molecule has 0 saturated carbocycles. The Labute approximate surface area is 172 Å². The van der Waals surface area contributed by atoms with E-state index >= 15 is 0 Å². The van der Waals surface area contributed by atoms with Crippen LogP contribution in [-0.2, 0) is 0 Å². The lowest BCUT2D eigenvalue weighted by molar-refractivity contribution is 0.827. The predicted molar refractivity (Wildman–Crippen MR) is 117 cm³/mol. The second kappa shape index (κ2) is 7.60. The molecule has 0 radical (unpaired) electrons. The Balaban J connectivity index is 1.72. The van der Waals surface area contributed by atoms with Gasteiger partial charge in [0.25, 0.3) is 0 Å². The highest BCUT2D eigenvalue weighted by molar-refractivity contribution is 5.70. The van der Waals surface area contributed by atoms with Crippen LogP contribution in [0.1, 0.15) is 0 Å². The van der Waals surface area contributed by atoms with Crippen molar-refractivity contribution in [2.45, 2.75) is 0 Å². The van der Waals surface area contributed by atoms with E-state index in [0.29, 0.717) is 28.7 Å². The molecule has 0 atom stereocenters. The second-order valence-electron chi connectivity index (χ2n) is 6.73. The standard InChI is InChI=1S/C24H17N5O/c30-22-16-21-19(15-20(22)26-23-13-7-8-14-25-23)27-24(17-9-3-1-4-10-17)28-29(21)18-11-5-2-6-12-18/h1-16H,(H,25,26). The number of rotatable bonds is 4. The number of pyridine rings is 1. The lowest BCUT2D eigenvalue weighted by atomic mass is 10.1. The molecule has 144 valence electrons. The van der Waals surface area contributed by atoms with Gasteiger partial charge in [0.1, 0.15) is 5.82 Å². The third-order valence-corrected chi connectivity index (χ3v) is 4.69. The van der Waals surface area contributed by atoms with Gasteiger partial charge < -0.3 is 5.32 Å². The minimum atomic E-state index is -0.158. The van der Waals surface area contributed by atoms with Crippen molar-refractivity contribution < 1.29 is 0 Å². The van der Waals surface area contributed by atoms with E-state index in [1.165, 1.54) is 0 Å². The lowest BCUT2D eigenvalue weighted by Gasteiger charge is -2.17. The molecule has 2 aromatic carbocycles. The first-order valence-electron chi connectivity index (χ1n) is 9.52. The zero-order valence-electron chi connectivity index (χ0n) is 15.9. The molecule has 0 bridgehead atoms. The SMILES string of the molecule is O=c1cc2n(-c3ccccc3)nc(-c3ccccc3)nc-2cc1Nc1ccccn1. The molecule has 6 nitrogen and oxygen atoms in total. The van der Waals surface area contributed by atoms with Gasteiger partial charge in [0.05, 0.1) is 22.8 Å². The molecule has 0 spiro atoms. The fourth-order valence-electron chi connectivity index (χ4n) is 3.25. The summed E-state index contributed by atoms with van der Waals surface area (Å²) in [4.78, 5) is 21.8. The Morgan fingerprint density at radius 3 is 2.27 bits per heavy atom. The number of hydrogen-bond acceptors (Lipinski definition) is 5. The summed E-state index contributed by atoms with van der Waals surface area (Å²) in [6, 6.07) is 28.3. The van der Waals surface area contributed by atoms with Gasteiger partial charge in [0, 0.05) is 17.8 Å². The Morgan fingerprint density at radius 1 is 0.800 bits per heavy atom. The molecule has 0 amide bonds. The minimum absolute atomic E-state index is 0.158. The third-order valence-electron chi connectivity index (χ3n) is 4.69. The van der Waals surface area contributed by atoms with E-state index in [1.807, 2.05) is 78.9 Å². The van der Waals surface area contributed by atoms with E-state index in [0.717, 1.165) is 11.3 Å². The topological polar surface area (TPSA) is 72.7 Å². The largest absolute Gasteiger partial charge is 0.337 e. The molecule has 0 fully saturated rings. The highest BCUT2D eigenvalue weighted by Crippen LogP contribution is 2.27. The maximum absolute atomic E-state index is 12.8. The van der Waals surface area contributed by atoms with E-state index < -0.39 is 0 Å². The van der Waals surface area contributed by atoms with Crippen LogP contribution >= 0.6 is 0 Å². The van der Waals surface area contributed by atoms with Gasteiger partial charge in [-0.05, 0) is 30.3 Å². The van der Waals surface area contributed by atoms with Crippen molar-refractivity contribution >= 4 is 11.5 Å². The van der Waals surface area contributed by atoms with Crippen molar-refractivity contribution in [1.82, 2.24) is 19.7 Å². The number of benzene rings is 3. The van der Waals surface area contributed by atoms with Gasteiger partial charge in [0.2, 0.25) is 5.43 Å². The van der Waals surface area contributed by atoms with Gasteiger partial charge >= 0.3 is 0 Å². The first kappa shape index (κ1) is 17.8. The normalized spacial score (nSPS) is 10.8. The van der Waals surface area contributed by atoms with E-state index in [1.54, 1.807) is 23.0 Å². The quantitative estimate of drug-likeness (QED) is 0.487. The number of fused-ring (bicyclic) bond motifs is 1. The Bertz CT molecular complexity index is 1320. The monoisotopic (exact) mass is 391 g/mol. The molecule has 30 heavy (non-hydrogen) atoms. The number of nitrogens with one attached hydrogen (secondary N) is 1. The van der Waals surface area contributed by atoms with E-state index in [4.69, 9.17) is 10.1 Å². The highest BCUT2D eigenvalue weighted by Gasteiger charge is 2.17. The summed E-state index contributed by atoms with van der Waals surface area (Å²) >= 11 is 0. The van der Waals surface area contributed by atoms with Gasteiger partial charge in [-0.25, -0.2) is 14.6 Å². The maximum Gasteiger partial charge on any atom is 0.204 e. The number of para-hydroxylation sites is 1. The van der Waals surface area contributed by atoms with Crippen LogP contribution in [0.25, 0.3) is 28.5 Å². The molecule has 2 heterocycles. The first-order chi connectivity index (χ1) is 14.8. The second-order valence-corrected chi connectivity index (χ2v) is 6.73. The van der Waals surface area contributed by atoms with E-state index in [-0.39, 0.29) is 5.43 Å². The molecule has 1 aliphatic carbocycles. The summed E-state index contributed by atoms with van der Waals surface area (Å²) in [5.74, 6) is 1.18. The zero-order valence-corrected chi connectivity index (χ0v) is 15.9. The fraction of sp³-hybridized carbons (Fsp3) is 0. The maximum atomic E-state index is 12.8. The molecule has 2 aliphatic rings. The van der Waals surface area contributed by atoms with Gasteiger partial charge in [0.15, 0.2) is 5.82 Å². The van der Waals surface area contributed by atoms with E-state index in [2.05, 4.69) is 10.3 Å². The van der Waals surface area contributed by atoms with Crippen LogP contribution in [-0.4, -0.2) is 19.7 Å². The predicted octanol–water partition coefficient (Wildman–Crippen LogP) is 4.54. The van der Waals surface area contributed by atoms with Crippen LogP contribution in [0.2, 0.25) is 0 Å². The Morgan fingerprint density at radius 2 is 1.53 bits per heavy atom. The van der Waals surface area contributed by atoms with Gasteiger partial charge in [-0.2, -0.15) is 0 Å². The first-order valence-corrected chi connectivity index (χ1v) is 9.52. The number of aromatic nitrogens is 4. The van der Waals surface area contributed by atoms with Gasteiger partial charge in [-0.1, -0.05) is 54.6 Å². The highest BCUT2D eigenvalue weighted by atomic mass is 16.1. The smallest absolute Gasteiger partial charge is 0.204 e. The Kier molecular flexibility index (Phi) is 4.50. The summed E-state index contributed by atoms with van der Waals surface area (Å²) in [6.45, 7) is 0. The van der Waals surface area contributed by atoms with E-state index in [9.17, 15) is 4.79 Å². The van der Waals surface area contributed by atoms with Crippen molar-refractivity contribution in [2.75, 3.05) is 5.32 Å². The number of nitrogens with zero attached hydrogens (tertiary/aromatic N) is 4. The number of hydrogen-bond donors (Lipinski definition) is 1. The molecule has 1 aromatic heterocycles. The molecule has 3 aromatic rings. The molecule has 0 unspecified atom stereocenters. The average Bonchev–Trinajstić information content (AvgIpc) is 2.81. The lowest BCUT2D eigenvalue weighted by Crippen LogP contribution is -2.15. The van der Waals surface area contributed by atoms with Gasteiger partial charge in [-0.15, -0.1) is 5.10 Å². The van der Waals surface area contributed by atoms with Crippen LogP contribution in [0.15, 0.2) is 102 Å². The minimum Gasteiger partial charge on any atom is -0.337 e. The molecule has 1 N–H and O–H groups in total. The third kappa shape index (κ3) is 3.42. The van der Waals surface area contributed by atoms with Crippen LogP contribution in [0.4, 0.5) is 11.5 Å². The van der Waals surface area contributed by atoms with Crippen molar-refractivity contribution in [3.8, 4) is 28.5 Å². The van der Waals surface area contributed by atoms with Crippen LogP contribution in [0, 0.1) is 0 Å². The van der Waals surface area contributed by atoms with Crippen LogP contribution in [0.5, 0.6) is 0 Å². The van der Waals surface area contributed by atoms with Crippen molar-refractivity contribution in [1.29, 1.82) is 0 Å². The summed E-state index contributed by atoms with van der Waals surface area (Å²) < 4.78 is 1.76. The van der Waals surface area contributed by atoms with Crippen LogP contribution in [0.3, 0.4) is 0 Å². The zero-order chi connectivity index (χ0) is 20.3. The van der Waals surface area contributed by atoms with Crippen molar-refractivity contribution in [3.63, 3.8) is 0 Å². The van der Waals surface area contributed by atoms with Gasteiger partial charge in [-0.3, -0.25) is 4.79 Å². The molecule has 6 heteroatoms. The summed E-state index contributed by atoms with van der Waals surface area (Å²) in [7, 11) is 0. The van der Waals surface area contributed by atoms with Crippen molar-refractivity contribution in [2.24, 2.45) is 0 Å². The molecule has 5 rings (SSSR count). The molecule has 0 saturated heterocycles. The summed E-state index contributed by atoms with van der Waals surface area (Å²) in [5, 5.41) is 7.82. The molecular weight excluding hydrogens is 374 g/mol. The van der Waals surface area contributed by atoms with Crippen molar-refractivity contribution in [3.05, 3.63) is 107 Å². The average molecular weight is 391 g/mol. The number of anilines is 2. The van der Waals surface area contributed by atoms with Crippen LogP contribution < -0.4 is 10.7 Å². The molecule has 1 aliphatic heterocycles. The fourth-order valence-corrected chi connectivity index (χ4v) is 3.25.